The van der Waals surface area contributed by atoms with Gasteiger partial charge < -0.3 is 5.32 Å². The average Bonchev–Trinajstić information content (AvgIpc) is 2.75. The molecular formula is C10H19N3O2. The smallest absolute Gasteiger partial charge is 0.323 e. The summed E-state index contributed by atoms with van der Waals surface area (Å²) in [4.78, 5) is 21.7. The van der Waals surface area contributed by atoms with Crippen molar-refractivity contribution in [2.45, 2.75) is 38.5 Å². The molecule has 5 nitrogen and oxygen atoms in total. The van der Waals surface area contributed by atoms with Gasteiger partial charge in [0, 0.05) is 6.54 Å². The average molecular weight is 213 g/mol. The minimum Gasteiger partial charge on any atom is -0.348 e. The Morgan fingerprint density at radius 3 is 2.47 bits per heavy atom. The van der Waals surface area contributed by atoms with Crippen LogP contribution in [0.3, 0.4) is 0 Å². The molecule has 15 heavy (non-hydrogen) atoms. The molecule has 1 aliphatic carbocycles. The summed E-state index contributed by atoms with van der Waals surface area (Å²) in [6.07, 6.45) is 7.40. The molecule has 0 bridgehead atoms. The highest BCUT2D eigenvalue weighted by molar-refractivity contribution is 6.34. The largest absolute Gasteiger partial charge is 0.348 e. The zero-order valence-electron chi connectivity index (χ0n) is 8.92. The van der Waals surface area contributed by atoms with Gasteiger partial charge in [-0.3, -0.25) is 15.0 Å². The molecule has 0 heterocycles. The fraction of sp³-hybridized carbons (Fsp3) is 0.800. The van der Waals surface area contributed by atoms with Gasteiger partial charge in [0.2, 0.25) is 0 Å². The maximum atomic E-state index is 11.0. The van der Waals surface area contributed by atoms with Crippen LogP contribution in [0.25, 0.3) is 0 Å². The number of hydrazine groups is 1. The normalized spacial score (nSPS) is 16.3. The zero-order chi connectivity index (χ0) is 11.1. The Bertz CT molecular complexity index is 225. The van der Waals surface area contributed by atoms with Crippen molar-refractivity contribution in [1.82, 2.24) is 10.7 Å². The van der Waals surface area contributed by atoms with Gasteiger partial charge in [-0.25, -0.2) is 5.84 Å². The number of hydrogen-bond acceptors (Lipinski definition) is 3. The van der Waals surface area contributed by atoms with Gasteiger partial charge in [-0.15, -0.1) is 0 Å². The predicted octanol–water partition coefficient (Wildman–Crippen LogP) is 0.0629. The van der Waals surface area contributed by atoms with Gasteiger partial charge in [0.15, 0.2) is 0 Å². The van der Waals surface area contributed by atoms with Crippen molar-refractivity contribution in [2.75, 3.05) is 6.54 Å². The molecule has 1 saturated carbocycles. The molecule has 4 N–H and O–H groups in total. The maximum absolute atomic E-state index is 11.0. The first-order chi connectivity index (χ1) is 7.24. The van der Waals surface area contributed by atoms with Crippen LogP contribution in [0.1, 0.15) is 38.5 Å². The topological polar surface area (TPSA) is 84.2 Å². The molecule has 0 atom stereocenters. The monoisotopic (exact) mass is 213 g/mol. The summed E-state index contributed by atoms with van der Waals surface area (Å²) < 4.78 is 0. The van der Waals surface area contributed by atoms with Crippen LogP contribution in [0.15, 0.2) is 0 Å². The molecule has 86 valence electrons. The van der Waals surface area contributed by atoms with E-state index in [9.17, 15) is 9.59 Å². The Labute approximate surface area is 89.8 Å². The molecule has 0 radical (unpaired) electrons. The van der Waals surface area contributed by atoms with Crippen LogP contribution in [0.4, 0.5) is 0 Å². The number of hydrogen-bond donors (Lipinski definition) is 3. The Balaban J connectivity index is 2.00. The van der Waals surface area contributed by atoms with Crippen molar-refractivity contribution < 1.29 is 9.59 Å². The molecule has 1 fully saturated rings. The van der Waals surface area contributed by atoms with Crippen LogP contribution in [0, 0.1) is 5.92 Å². The van der Waals surface area contributed by atoms with Gasteiger partial charge >= 0.3 is 11.8 Å². The van der Waals surface area contributed by atoms with Crippen LogP contribution >= 0.6 is 0 Å². The first kappa shape index (κ1) is 12.0. The maximum Gasteiger partial charge on any atom is 0.323 e. The molecule has 1 rings (SSSR count). The molecule has 0 unspecified atom stereocenters. The van der Waals surface area contributed by atoms with Crippen molar-refractivity contribution in [3.8, 4) is 0 Å². The van der Waals surface area contributed by atoms with E-state index < -0.39 is 11.8 Å². The molecule has 0 aromatic heterocycles. The van der Waals surface area contributed by atoms with E-state index in [4.69, 9.17) is 5.84 Å². The van der Waals surface area contributed by atoms with Crippen molar-refractivity contribution >= 4 is 11.8 Å². The molecule has 2 amide bonds. The number of amides is 2. The van der Waals surface area contributed by atoms with E-state index in [0.29, 0.717) is 6.54 Å². The number of nitrogens with one attached hydrogen (secondary N) is 2. The second-order valence-electron chi connectivity index (χ2n) is 4.02. The summed E-state index contributed by atoms with van der Waals surface area (Å²) in [6.45, 7) is 0.558. The third-order valence-corrected chi connectivity index (χ3v) is 2.89. The lowest BCUT2D eigenvalue weighted by Gasteiger charge is -2.08. The van der Waals surface area contributed by atoms with E-state index in [1.54, 1.807) is 5.43 Å². The van der Waals surface area contributed by atoms with Gasteiger partial charge in [-0.2, -0.15) is 0 Å². The first-order valence-electron chi connectivity index (χ1n) is 5.53. The minimum atomic E-state index is -0.782. The summed E-state index contributed by atoms with van der Waals surface area (Å²) in [5.74, 6) is 4.21. The summed E-state index contributed by atoms with van der Waals surface area (Å²) in [6, 6.07) is 0. The Morgan fingerprint density at radius 1 is 1.20 bits per heavy atom. The number of rotatable bonds is 4. The Kier molecular flexibility index (Phi) is 5.10. The molecule has 0 aliphatic heterocycles. The first-order valence-corrected chi connectivity index (χ1v) is 5.53. The van der Waals surface area contributed by atoms with E-state index in [1.165, 1.54) is 25.7 Å². The zero-order valence-corrected chi connectivity index (χ0v) is 8.92. The molecule has 1 aliphatic rings. The van der Waals surface area contributed by atoms with Gasteiger partial charge in [0.25, 0.3) is 0 Å². The van der Waals surface area contributed by atoms with Gasteiger partial charge in [0.05, 0.1) is 0 Å². The second kappa shape index (κ2) is 6.40. The van der Waals surface area contributed by atoms with Crippen LogP contribution in [0.2, 0.25) is 0 Å². The van der Waals surface area contributed by atoms with Gasteiger partial charge in [0.1, 0.15) is 0 Å². The quantitative estimate of drug-likeness (QED) is 0.203. The predicted molar refractivity (Wildman–Crippen MR) is 56.5 cm³/mol. The summed E-state index contributed by atoms with van der Waals surface area (Å²) in [5, 5.41) is 2.53. The Hall–Kier alpha value is -1.10. The standard InChI is InChI=1S/C10H19N3O2/c11-13-10(15)9(14)12-7-3-6-8-4-1-2-5-8/h8H,1-7,11H2,(H,12,14)(H,13,15). The van der Waals surface area contributed by atoms with Gasteiger partial charge in [-0.1, -0.05) is 25.7 Å². The highest BCUT2D eigenvalue weighted by Gasteiger charge is 2.15. The Morgan fingerprint density at radius 2 is 1.87 bits per heavy atom. The molecule has 0 spiro atoms. The lowest BCUT2D eigenvalue weighted by atomic mass is 10.0. The lowest BCUT2D eigenvalue weighted by molar-refractivity contribution is -0.139. The number of nitrogens with two attached hydrogens (primary N) is 1. The fourth-order valence-electron chi connectivity index (χ4n) is 2.04. The van der Waals surface area contributed by atoms with Crippen molar-refractivity contribution in [1.29, 1.82) is 0 Å². The lowest BCUT2D eigenvalue weighted by Crippen LogP contribution is -2.43. The van der Waals surface area contributed by atoms with E-state index in [0.717, 1.165) is 18.8 Å². The third kappa shape index (κ3) is 4.29. The van der Waals surface area contributed by atoms with Crippen LogP contribution in [0.5, 0.6) is 0 Å². The van der Waals surface area contributed by atoms with Crippen LogP contribution in [-0.4, -0.2) is 18.4 Å². The summed E-state index contributed by atoms with van der Waals surface area (Å²) in [7, 11) is 0. The van der Waals surface area contributed by atoms with Crippen molar-refractivity contribution in [3.05, 3.63) is 0 Å². The number of carbonyl (C=O) groups excluding carboxylic acids is 2. The van der Waals surface area contributed by atoms with E-state index >= 15 is 0 Å². The minimum absolute atomic E-state index is 0.558. The molecular weight excluding hydrogens is 194 g/mol. The van der Waals surface area contributed by atoms with E-state index in [-0.39, 0.29) is 0 Å². The highest BCUT2D eigenvalue weighted by Crippen LogP contribution is 2.28. The fourth-order valence-corrected chi connectivity index (χ4v) is 2.04. The van der Waals surface area contributed by atoms with Crippen LogP contribution in [-0.2, 0) is 9.59 Å². The molecule has 0 aromatic rings. The summed E-state index contributed by atoms with van der Waals surface area (Å²) in [5.41, 5.74) is 1.80. The highest BCUT2D eigenvalue weighted by atomic mass is 16.2. The van der Waals surface area contributed by atoms with Crippen molar-refractivity contribution in [2.24, 2.45) is 11.8 Å². The second-order valence-corrected chi connectivity index (χ2v) is 4.02. The van der Waals surface area contributed by atoms with Gasteiger partial charge in [-0.05, 0) is 18.8 Å². The van der Waals surface area contributed by atoms with E-state index in [2.05, 4.69) is 5.32 Å². The van der Waals surface area contributed by atoms with E-state index in [1.807, 2.05) is 0 Å². The molecule has 0 saturated heterocycles. The molecule has 5 heteroatoms. The third-order valence-electron chi connectivity index (χ3n) is 2.89. The molecule has 0 aromatic carbocycles. The number of carbonyl (C=O) groups is 2. The van der Waals surface area contributed by atoms with Crippen molar-refractivity contribution in [3.63, 3.8) is 0 Å². The SMILES string of the molecule is NNC(=O)C(=O)NCCCC1CCCC1. The van der Waals surface area contributed by atoms with Crippen LogP contribution < -0.4 is 16.6 Å². The summed E-state index contributed by atoms with van der Waals surface area (Å²) >= 11 is 0.